The zero-order valence-electron chi connectivity index (χ0n) is 8.93. The molecule has 0 N–H and O–H groups in total. The van der Waals surface area contributed by atoms with Crippen LogP contribution in [0.5, 0.6) is 0 Å². The van der Waals surface area contributed by atoms with Gasteiger partial charge in [-0.1, -0.05) is 22.0 Å². The van der Waals surface area contributed by atoms with Crippen LogP contribution >= 0.6 is 27.5 Å². The van der Waals surface area contributed by atoms with Crippen LogP contribution in [0.15, 0.2) is 40.9 Å². The Morgan fingerprint density at radius 3 is 2.39 bits per heavy atom. The SMILES string of the molecule is Fc1ccc(F)c(C(Cl)c2c(F)cccc2Br)c1. The molecule has 0 heterocycles. The van der Waals surface area contributed by atoms with Gasteiger partial charge in [0.05, 0.1) is 5.38 Å². The molecule has 0 aliphatic heterocycles. The van der Waals surface area contributed by atoms with E-state index >= 15 is 0 Å². The van der Waals surface area contributed by atoms with Crippen molar-refractivity contribution < 1.29 is 13.2 Å². The van der Waals surface area contributed by atoms with Crippen molar-refractivity contribution in [2.24, 2.45) is 0 Å². The van der Waals surface area contributed by atoms with Gasteiger partial charge >= 0.3 is 0 Å². The maximum atomic E-state index is 13.7. The molecule has 94 valence electrons. The van der Waals surface area contributed by atoms with Gasteiger partial charge in [-0.3, -0.25) is 0 Å². The molecule has 2 aromatic rings. The zero-order valence-corrected chi connectivity index (χ0v) is 11.3. The van der Waals surface area contributed by atoms with Crippen molar-refractivity contribution >= 4 is 27.5 Å². The molecule has 0 aliphatic rings. The van der Waals surface area contributed by atoms with E-state index in [9.17, 15) is 13.2 Å². The van der Waals surface area contributed by atoms with E-state index in [0.29, 0.717) is 4.47 Å². The van der Waals surface area contributed by atoms with E-state index in [1.54, 1.807) is 6.07 Å². The number of alkyl halides is 1. The predicted octanol–water partition coefficient (Wildman–Crippen LogP) is 5.19. The highest BCUT2D eigenvalue weighted by molar-refractivity contribution is 9.10. The second kappa shape index (κ2) is 5.33. The lowest BCUT2D eigenvalue weighted by atomic mass is 10.0. The van der Waals surface area contributed by atoms with Crippen LogP contribution in [-0.2, 0) is 0 Å². The fourth-order valence-electron chi connectivity index (χ4n) is 1.62. The Morgan fingerprint density at radius 1 is 1.00 bits per heavy atom. The molecule has 0 aliphatic carbocycles. The standard InChI is InChI=1S/C13H7BrClF3/c14-9-2-1-3-11(18)12(9)13(15)8-6-7(16)4-5-10(8)17/h1-6,13H. The molecule has 0 aromatic heterocycles. The first-order valence-electron chi connectivity index (χ1n) is 5.03. The summed E-state index contributed by atoms with van der Waals surface area (Å²) in [4.78, 5) is 0. The molecule has 2 aromatic carbocycles. The van der Waals surface area contributed by atoms with Crippen LogP contribution in [0.1, 0.15) is 16.5 Å². The lowest BCUT2D eigenvalue weighted by molar-refractivity contribution is 0.579. The topological polar surface area (TPSA) is 0 Å². The number of hydrogen-bond acceptors (Lipinski definition) is 0. The highest BCUT2D eigenvalue weighted by atomic mass is 79.9. The van der Waals surface area contributed by atoms with Gasteiger partial charge in [0, 0.05) is 15.6 Å². The van der Waals surface area contributed by atoms with Gasteiger partial charge in [-0.05, 0) is 30.3 Å². The van der Waals surface area contributed by atoms with E-state index in [0.717, 1.165) is 18.2 Å². The molecule has 18 heavy (non-hydrogen) atoms. The van der Waals surface area contributed by atoms with Gasteiger partial charge in [0.1, 0.15) is 17.5 Å². The second-order valence-electron chi connectivity index (χ2n) is 3.66. The average molecular weight is 336 g/mol. The van der Waals surface area contributed by atoms with E-state index in [-0.39, 0.29) is 11.1 Å². The Hall–Kier alpha value is -1.00. The summed E-state index contributed by atoms with van der Waals surface area (Å²) in [6.45, 7) is 0. The molecule has 0 radical (unpaired) electrons. The summed E-state index contributed by atoms with van der Waals surface area (Å²) in [6, 6.07) is 7.21. The Kier molecular flexibility index (Phi) is 3.97. The van der Waals surface area contributed by atoms with Crippen molar-refractivity contribution in [3.05, 3.63) is 69.4 Å². The van der Waals surface area contributed by atoms with Gasteiger partial charge in [0.25, 0.3) is 0 Å². The molecule has 0 bridgehead atoms. The van der Waals surface area contributed by atoms with Gasteiger partial charge in [0.2, 0.25) is 0 Å². The van der Waals surface area contributed by atoms with Crippen LogP contribution in [0.3, 0.4) is 0 Å². The van der Waals surface area contributed by atoms with Crippen molar-refractivity contribution in [3.63, 3.8) is 0 Å². The minimum absolute atomic E-state index is 0.0867. The number of benzene rings is 2. The Labute approximate surface area is 116 Å². The van der Waals surface area contributed by atoms with Crippen molar-refractivity contribution in [2.75, 3.05) is 0 Å². The third kappa shape index (κ3) is 2.54. The third-order valence-electron chi connectivity index (χ3n) is 2.48. The summed E-state index contributed by atoms with van der Waals surface area (Å²) in [5, 5.41) is -1.10. The predicted molar refractivity (Wildman–Crippen MR) is 68.2 cm³/mol. The van der Waals surface area contributed by atoms with Crippen molar-refractivity contribution in [3.8, 4) is 0 Å². The monoisotopic (exact) mass is 334 g/mol. The first-order chi connectivity index (χ1) is 8.50. The van der Waals surface area contributed by atoms with Gasteiger partial charge in [-0.15, -0.1) is 11.6 Å². The van der Waals surface area contributed by atoms with Gasteiger partial charge in [-0.2, -0.15) is 0 Å². The van der Waals surface area contributed by atoms with E-state index in [4.69, 9.17) is 11.6 Å². The molecule has 0 fully saturated rings. The van der Waals surface area contributed by atoms with Gasteiger partial charge in [0.15, 0.2) is 0 Å². The number of hydrogen-bond donors (Lipinski definition) is 0. The summed E-state index contributed by atoms with van der Waals surface area (Å²) in [7, 11) is 0. The number of rotatable bonds is 2. The minimum Gasteiger partial charge on any atom is -0.207 e. The molecular formula is C13H7BrClF3. The third-order valence-corrected chi connectivity index (χ3v) is 3.63. The zero-order chi connectivity index (χ0) is 13.3. The summed E-state index contributed by atoms with van der Waals surface area (Å²) in [5.74, 6) is -1.87. The van der Waals surface area contributed by atoms with Crippen LogP contribution in [0.4, 0.5) is 13.2 Å². The van der Waals surface area contributed by atoms with Crippen molar-refractivity contribution in [2.45, 2.75) is 5.38 Å². The lowest BCUT2D eigenvalue weighted by Gasteiger charge is -2.14. The fourth-order valence-corrected chi connectivity index (χ4v) is 2.71. The molecule has 1 atom stereocenters. The van der Waals surface area contributed by atoms with Crippen LogP contribution in [0.25, 0.3) is 0 Å². The smallest absolute Gasteiger partial charge is 0.129 e. The normalized spacial score (nSPS) is 12.5. The molecule has 0 nitrogen and oxygen atoms in total. The first kappa shape index (κ1) is 13.4. The molecular weight excluding hydrogens is 328 g/mol. The summed E-state index contributed by atoms with van der Waals surface area (Å²) >= 11 is 9.19. The lowest BCUT2D eigenvalue weighted by Crippen LogP contribution is -2.01. The molecule has 1 unspecified atom stereocenters. The van der Waals surface area contributed by atoms with Crippen LogP contribution < -0.4 is 0 Å². The van der Waals surface area contributed by atoms with Crippen LogP contribution in [0.2, 0.25) is 0 Å². The molecule has 0 amide bonds. The van der Waals surface area contributed by atoms with Gasteiger partial charge < -0.3 is 0 Å². The maximum Gasteiger partial charge on any atom is 0.129 e. The highest BCUT2D eigenvalue weighted by Crippen LogP contribution is 2.36. The average Bonchev–Trinajstić information content (AvgIpc) is 2.32. The van der Waals surface area contributed by atoms with Crippen molar-refractivity contribution in [1.82, 2.24) is 0 Å². The molecule has 0 saturated carbocycles. The highest BCUT2D eigenvalue weighted by Gasteiger charge is 2.21. The van der Waals surface area contributed by atoms with E-state index in [1.807, 2.05) is 0 Å². The fraction of sp³-hybridized carbons (Fsp3) is 0.0769. The van der Waals surface area contributed by atoms with Crippen LogP contribution in [0, 0.1) is 17.5 Å². The summed E-state index contributed by atoms with van der Waals surface area (Å²) in [5.41, 5.74) is -0.00821. The van der Waals surface area contributed by atoms with Crippen molar-refractivity contribution in [1.29, 1.82) is 0 Å². The second-order valence-corrected chi connectivity index (χ2v) is 4.95. The Bertz CT molecular complexity index is 566. The maximum absolute atomic E-state index is 13.7. The molecule has 0 saturated heterocycles. The van der Waals surface area contributed by atoms with Crippen LogP contribution in [-0.4, -0.2) is 0 Å². The quantitative estimate of drug-likeness (QED) is 0.662. The van der Waals surface area contributed by atoms with Gasteiger partial charge in [-0.25, -0.2) is 13.2 Å². The number of halogens is 5. The minimum atomic E-state index is -1.10. The molecule has 5 heteroatoms. The first-order valence-corrected chi connectivity index (χ1v) is 6.26. The summed E-state index contributed by atoms with van der Waals surface area (Å²) in [6.07, 6.45) is 0. The molecule has 2 rings (SSSR count). The van der Waals surface area contributed by atoms with E-state index < -0.39 is 22.8 Å². The Balaban J connectivity index is 2.54. The largest absolute Gasteiger partial charge is 0.207 e. The van der Waals surface area contributed by atoms with E-state index in [2.05, 4.69) is 15.9 Å². The summed E-state index contributed by atoms with van der Waals surface area (Å²) < 4.78 is 40.8. The Morgan fingerprint density at radius 2 is 1.72 bits per heavy atom. The molecule has 0 spiro atoms. The van der Waals surface area contributed by atoms with E-state index in [1.165, 1.54) is 12.1 Å².